The van der Waals surface area contributed by atoms with Gasteiger partial charge in [-0.1, -0.05) is 29.4 Å². The Morgan fingerprint density at radius 1 is 1.10 bits per heavy atom. The van der Waals surface area contributed by atoms with Gasteiger partial charge >= 0.3 is 0 Å². The van der Waals surface area contributed by atoms with E-state index in [0.717, 1.165) is 27.5 Å². The van der Waals surface area contributed by atoms with Crippen LogP contribution in [0.15, 0.2) is 58.4 Å². The van der Waals surface area contributed by atoms with Crippen molar-refractivity contribution in [1.29, 1.82) is 0 Å². The number of aromatic nitrogens is 2. The molecule has 2 aromatic heterocycles. The van der Waals surface area contributed by atoms with Gasteiger partial charge in [0.15, 0.2) is 0 Å². The number of carbonyl (C=O) groups excluding carboxylic acids is 1. The minimum absolute atomic E-state index is 0.235. The molecule has 0 bridgehead atoms. The summed E-state index contributed by atoms with van der Waals surface area (Å²) in [5, 5.41) is 9.91. The number of rotatable bonds is 6. The maximum atomic E-state index is 12.9. The predicted octanol–water partition coefficient (Wildman–Crippen LogP) is 5.55. The van der Waals surface area contributed by atoms with E-state index in [4.69, 9.17) is 9.26 Å². The first kappa shape index (κ1) is 19.8. The zero-order valence-electron chi connectivity index (χ0n) is 16.9. The van der Waals surface area contributed by atoms with Gasteiger partial charge in [-0.2, -0.15) is 0 Å². The van der Waals surface area contributed by atoms with E-state index in [2.05, 4.69) is 15.5 Å². The highest BCUT2D eigenvalue weighted by Crippen LogP contribution is 2.25. The summed E-state index contributed by atoms with van der Waals surface area (Å²) in [5.74, 6) is 0.982. The van der Waals surface area contributed by atoms with Crippen molar-refractivity contribution in [2.24, 2.45) is 0 Å². The molecule has 1 amide bonds. The zero-order valence-corrected chi connectivity index (χ0v) is 17.7. The third kappa shape index (κ3) is 4.26. The molecule has 152 valence electrons. The number of thiazole rings is 1. The molecule has 0 radical (unpaired) electrons. The quantitative estimate of drug-likeness (QED) is 0.443. The second kappa shape index (κ2) is 8.51. The van der Waals surface area contributed by atoms with Crippen LogP contribution in [0, 0.1) is 20.8 Å². The lowest BCUT2D eigenvalue weighted by Gasteiger charge is -2.12. The Morgan fingerprint density at radius 3 is 2.53 bits per heavy atom. The van der Waals surface area contributed by atoms with Crippen LogP contribution in [0.5, 0.6) is 5.75 Å². The minimum Gasteiger partial charge on any atom is -0.488 e. The van der Waals surface area contributed by atoms with Crippen molar-refractivity contribution in [1.82, 2.24) is 10.1 Å². The van der Waals surface area contributed by atoms with E-state index in [1.165, 1.54) is 0 Å². The smallest absolute Gasteiger partial charge is 0.259 e. The molecule has 0 saturated carbocycles. The Hall–Kier alpha value is -3.45. The van der Waals surface area contributed by atoms with Crippen LogP contribution in [-0.2, 0) is 6.61 Å². The van der Waals surface area contributed by atoms with Crippen LogP contribution in [0.1, 0.15) is 32.4 Å². The summed E-state index contributed by atoms with van der Waals surface area (Å²) in [6.07, 6.45) is 0. The standard InChI is InChI=1S/C23H21N3O3S/c1-14-20(15(2)29-26-14)12-28-22-7-5-4-6-19(22)23(27)25-18-10-8-17(9-11-18)21-13-30-16(3)24-21/h4-11,13H,12H2,1-3H3,(H,25,27). The van der Waals surface area contributed by atoms with Gasteiger partial charge in [0, 0.05) is 16.6 Å². The van der Waals surface area contributed by atoms with Crippen molar-refractivity contribution >= 4 is 22.9 Å². The Bertz CT molecular complexity index is 1160. The molecule has 0 aliphatic carbocycles. The SMILES string of the molecule is Cc1nc(-c2ccc(NC(=O)c3ccccc3OCc3c(C)noc3C)cc2)cs1. The van der Waals surface area contributed by atoms with Gasteiger partial charge in [-0.25, -0.2) is 4.98 Å². The number of para-hydroxylation sites is 1. The zero-order chi connectivity index (χ0) is 21.1. The fourth-order valence-electron chi connectivity index (χ4n) is 3.06. The van der Waals surface area contributed by atoms with Crippen molar-refractivity contribution in [3.8, 4) is 17.0 Å². The number of ether oxygens (including phenoxy) is 1. The lowest BCUT2D eigenvalue weighted by molar-refractivity contribution is 0.102. The lowest BCUT2D eigenvalue weighted by atomic mass is 10.1. The van der Waals surface area contributed by atoms with Crippen LogP contribution in [0.25, 0.3) is 11.3 Å². The molecular formula is C23H21N3O3S. The molecule has 0 unspecified atom stereocenters. The van der Waals surface area contributed by atoms with Gasteiger partial charge in [-0.15, -0.1) is 11.3 Å². The number of amides is 1. The normalized spacial score (nSPS) is 10.8. The average Bonchev–Trinajstić information content (AvgIpc) is 3.32. The highest BCUT2D eigenvalue weighted by atomic mass is 32.1. The molecule has 4 rings (SSSR count). The molecular weight excluding hydrogens is 398 g/mol. The summed E-state index contributed by atoms with van der Waals surface area (Å²) in [4.78, 5) is 17.3. The molecule has 2 aromatic carbocycles. The largest absolute Gasteiger partial charge is 0.488 e. The molecule has 0 spiro atoms. The molecule has 0 saturated heterocycles. The van der Waals surface area contributed by atoms with Gasteiger partial charge in [-0.3, -0.25) is 4.79 Å². The maximum absolute atomic E-state index is 12.9. The number of hydrogen-bond acceptors (Lipinski definition) is 6. The number of aryl methyl sites for hydroxylation is 3. The topological polar surface area (TPSA) is 77.2 Å². The average molecular weight is 420 g/mol. The molecule has 0 atom stereocenters. The summed E-state index contributed by atoms with van der Waals surface area (Å²) >= 11 is 1.61. The number of benzene rings is 2. The van der Waals surface area contributed by atoms with Crippen LogP contribution in [0.2, 0.25) is 0 Å². The number of nitrogens with one attached hydrogen (secondary N) is 1. The third-order valence-corrected chi connectivity index (χ3v) is 5.52. The van der Waals surface area contributed by atoms with E-state index in [1.54, 1.807) is 23.5 Å². The van der Waals surface area contributed by atoms with E-state index in [0.29, 0.717) is 22.8 Å². The number of hydrogen-bond donors (Lipinski definition) is 1. The molecule has 2 heterocycles. The molecule has 0 aliphatic rings. The Morgan fingerprint density at radius 2 is 1.87 bits per heavy atom. The second-order valence-corrected chi connectivity index (χ2v) is 7.93. The summed E-state index contributed by atoms with van der Waals surface area (Å²) in [5.41, 5.74) is 4.79. The summed E-state index contributed by atoms with van der Waals surface area (Å²) in [7, 11) is 0. The van der Waals surface area contributed by atoms with Gasteiger partial charge in [0.2, 0.25) is 0 Å². The van der Waals surface area contributed by atoms with E-state index < -0.39 is 0 Å². The fraction of sp³-hybridized carbons (Fsp3) is 0.174. The van der Waals surface area contributed by atoms with Gasteiger partial charge in [0.05, 0.1) is 27.5 Å². The number of carbonyl (C=O) groups is 1. The first-order valence-corrected chi connectivity index (χ1v) is 10.4. The molecule has 4 aromatic rings. The van der Waals surface area contributed by atoms with Crippen LogP contribution in [-0.4, -0.2) is 16.0 Å². The molecule has 7 heteroatoms. The fourth-order valence-corrected chi connectivity index (χ4v) is 3.68. The third-order valence-electron chi connectivity index (χ3n) is 4.74. The predicted molar refractivity (Wildman–Crippen MR) is 117 cm³/mol. The first-order chi connectivity index (χ1) is 14.5. The number of anilines is 1. The maximum Gasteiger partial charge on any atom is 0.259 e. The summed E-state index contributed by atoms with van der Waals surface area (Å²) in [6, 6.07) is 14.8. The second-order valence-electron chi connectivity index (χ2n) is 6.87. The highest BCUT2D eigenvalue weighted by Gasteiger charge is 2.15. The van der Waals surface area contributed by atoms with Gasteiger partial charge in [0.1, 0.15) is 18.1 Å². The van der Waals surface area contributed by atoms with Crippen LogP contribution >= 0.6 is 11.3 Å². The molecule has 1 N–H and O–H groups in total. The molecule has 0 fully saturated rings. The van der Waals surface area contributed by atoms with E-state index >= 15 is 0 Å². The van der Waals surface area contributed by atoms with E-state index in [1.807, 2.05) is 62.5 Å². The highest BCUT2D eigenvalue weighted by molar-refractivity contribution is 7.09. The van der Waals surface area contributed by atoms with E-state index in [-0.39, 0.29) is 12.5 Å². The Balaban J connectivity index is 1.47. The van der Waals surface area contributed by atoms with Crippen LogP contribution in [0.3, 0.4) is 0 Å². The van der Waals surface area contributed by atoms with Crippen molar-refractivity contribution in [2.45, 2.75) is 27.4 Å². The summed E-state index contributed by atoms with van der Waals surface area (Å²) < 4.78 is 11.1. The van der Waals surface area contributed by atoms with Crippen LogP contribution < -0.4 is 10.1 Å². The van der Waals surface area contributed by atoms with Gasteiger partial charge in [0.25, 0.3) is 5.91 Å². The molecule has 0 aliphatic heterocycles. The van der Waals surface area contributed by atoms with Crippen molar-refractivity contribution in [2.75, 3.05) is 5.32 Å². The first-order valence-electron chi connectivity index (χ1n) is 9.49. The molecule has 6 nitrogen and oxygen atoms in total. The Kier molecular flexibility index (Phi) is 5.63. The summed E-state index contributed by atoms with van der Waals surface area (Å²) in [6.45, 7) is 5.97. The minimum atomic E-state index is -0.235. The van der Waals surface area contributed by atoms with Crippen molar-refractivity contribution < 1.29 is 14.1 Å². The molecule has 30 heavy (non-hydrogen) atoms. The van der Waals surface area contributed by atoms with Crippen molar-refractivity contribution in [3.05, 3.63) is 81.5 Å². The van der Waals surface area contributed by atoms with Gasteiger partial charge in [-0.05, 0) is 45.0 Å². The van der Waals surface area contributed by atoms with Crippen molar-refractivity contribution in [3.63, 3.8) is 0 Å². The van der Waals surface area contributed by atoms with E-state index in [9.17, 15) is 4.79 Å². The van der Waals surface area contributed by atoms with Gasteiger partial charge < -0.3 is 14.6 Å². The number of nitrogens with zero attached hydrogens (tertiary/aromatic N) is 2. The Labute approximate surface area is 178 Å². The lowest BCUT2D eigenvalue weighted by Crippen LogP contribution is -2.13. The monoisotopic (exact) mass is 419 g/mol. The van der Waals surface area contributed by atoms with Crippen LogP contribution in [0.4, 0.5) is 5.69 Å².